The number of unbranched alkanes of at least 4 members (excludes halogenated alkanes) is 5. The van der Waals surface area contributed by atoms with Gasteiger partial charge >= 0.3 is 0 Å². The Hall–Kier alpha value is -0.0400. The molecule has 0 aliphatic heterocycles. The van der Waals surface area contributed by atoms with Crippen molar-refractivity contribution in [2.45, 2.75) is 71.1 Å². The van der Waals surface area contributed by atoms with Gasteiger partial charge in [-0.3, -0.25) is 0 Å². The average molecular weight is 197 g/mol. The molecule has 14 heavy (non-hydrogen) atoms. The van der Waals surface area contributed by atoms with Gasteiger partial charge in [0, 0.05) is 0 Å². The van der Waals surface area contributed by atoms with Crippen molar-refractivity contribution in [3.63, 3.8) is 0 Å². The molecule has 0 aromatic rings. The van der Waals surface area contributed by atoms with Crippen molar-refractivity contribution in [3.05, 3.63) is 0 Å². The van der Waals surface area contributed by atoms with Crippen molar-refractivity contribution in [2.24, 2.45) is 11.1 Å². The molecule has 1 heteroatoms. The Labute approximate surface area is 89.5 Å². The van der Waals surface area contributed by atoms with Crippen LogP contribution < -0.4 is 5.73 Å². The molecule has 0 unspecified atom stereocenters. The molecule has 0 saturated heterocycles. The second kappa shape index (κ2) is 6.44. The van der Waals surface area contributed by atoms with E-state index in [1.54, 1.807) is 0 Å². The van der Waals surface area contributed by atoms with E-state index < -0.39 is 0 Å². The molecule has 1 saturated carbocycles. The zero-order valence-corrected chi connectivity index (χ0v) is 9.86. The highest BCUT2D eigenvalue weighted by molar-refractivity contribution is 4.88. The van der Waals surface area contributed by atoms with Gasteiger partial charge in [-0.1, -0.05) is 51.9 Å². The van der Waals surface area contributed by atoms with Gasteiger partial charge < -0.3 is 5.73 Å². The summed E-state index contributed by atoms with van der Waals surface area (Å²) in [6.45, 7) is 3.21. The van der Waals surface area contributed by atoms with Crippen LogP contribution in [0.15, 0.2) is 0 Å². The smallest absolute Gasteiger partial charge is 0.00205 e. The molecule has 0 aromatic heterocycles. The minimum Gasteiger partial charge on any atom is -0.330 e. The molecule has 0 spiro atoms. The van der Waals surface area contributed by atoms with E-state index in [0.29, 0.717) is 5.41 Å². The van der Waals surface area contributed by atoms with Gasteiger partial charge in [0.05, 0.1) is 0 Å². The summed E-state index contributed by atoms with van der Waals surface area (Å²) >= 11 is 0. The SMILES string of the molecule is CCCCCCCCC1(CN)CCC1. The normalized spacial score (nSPS) is 19.3. The summed E-state index contributed by atoms with van der Waals surface area (Å²) in [6, 6.07) is 0. The molecule has 0 aromatic carbocycles. The van der Waals surface area contributed by atoms with E-state index in [-0.39, 0.29) is 0 Å². The van der Waals surface area contributed by atoms with Crippen LogP contribution in [0.3, 0.4) is 0 Å². The summed E-state index contributed by atoms with van der Waals surface area (Å²) in [4.78, 5) is 0. The molecule has 1 aliphatic carbocycles. The zero-order chi connectivity index (χ0) is 10.3. The van der Waals surface area contributed by atoms with Crippen LogP contribution in [0.1, 0.15) is 71.1 Å². The number of hydrogen-bond donors (Lipinski definition) is 1. The van der Waals surface area contributed by atoms with Crippen molar-refractivity contribution >= 4 is 0 Å². The third-order valence-electron chi connectivity index (χ3n) is 3.91. The second-order valence-electron chi connectivity index (χ2n) is 5.08. The molecule has 0 atom stereocenters. The van der Waals surface area contributed by atoms with Crippen LogP contribution in [0, 0.1) is 5.41 Å². The van der Waals surface area contributed by atoms with E-state index in [1.807, 2.05) is 0 Å². The predicted octanol–water partition coefficient (Wildman–Crippen LogP) is 3.87. The van der Waals surface area contributed by atoms with Gasteiger partial charge in [0.2, 0.25) is 0 Å². The summed E-state index contributed by atoms with van der Waals surface area (Å²) < 4.78 is 0. The molecule has 0 radical (unpaired) electrons. The third kappa shape index (κ3) is 3.61. The maximum atomic E-state index is 5.83. The van der Waals surface area contributed by atoms with Crippen molar-refractivity contribution in [1.82, 2.24) is 0 Å². The van der Waals surface area contributed by atoms with Crippen LogP contribution in [-0.4, -0.2) is 6.54 Å². The lowest BCUT2D eigenvalue weighted by molar-refractivity contribution is 0.126. The van der Waals surface area contributed by atoms with E-state index >= 15 is 0 Å². The molecule has 0 bridgehead atoms. The fourth-order valence-corrected chi connectivity index (χ4v) is 2.51. The van der Waals surface area contributed by atoms with Gasteiger partial charge in [-0.15, -0.1) is 0 Å². The van der Waals surface area contributed by atoms with E-state index in [0.717, 1.165) is 6.54 Å². The van der Waals surface area contributed by atoms with Crippen molar-refractivity contribution in [2.75, 3.05) is 6.54 Å². The van der Waals surface area contributed by atoms with E-state index in [1.165, 1.54) is 64.2 Å². The number of rotatable bonds is 8. The fraction of sp³-hybridized carbons (Fsp3) is 1.00. The van der Waals surface area contributed by atoms with E-state index in [4.69, 9.17) is 5.73 Å². The average Bonchev–Trinajstić information content (AvgIpc) is 2.15. The van der Waals surface area contributed by atoms with Crippen LogP contribution in [0.2, 0.25) is 0 Å². The monoisotopic (exact) mass is 197 g/mol. The summed E-state index contributed by atoms with van der Waals surface area (Å²) in [6.07, 6.45) is 14.1. The molecule has 0 heterocycles. The minimum atomic E-state index is 0.588. The lowest BCUT2D eigenvalue weighted by Crippen LogP contribution is -2.37. The quantitative estimate of drug-likeness (QED) is 0.587. The first-order valence-corrected chi connectivity index (χ1v) is 6.53. The Morgan fingerprint density at radius 2 is 1.64 bits per heavy atom. The van der Waals surface area contributed by atoms with Crippen LogP contribution in [-0.2, 0) is 0 Å². The number of nitrogens with two attached hydrogens (primary N) is 1. The topological polar surface area (TPSA) is 26.0 Å². The Bertz CT molecular complexity index is 133. The highest BCUT2D eigenvalue weighted by Gasteiger charge is 2.34. The second-order valence-corrected chi connectivity index (χ2v) is 5.08. The van der Waals surface area contributed by atoms with Gasteiger partial charge in [0.1, 0.15) is 0 Å². The zero-order valence-electron chi connectivity index (χ0n) is 9.86. The molecule has 1 aliphatic rings. The van der Waals surface area contributed by atoms with Crippen molar-refractivity contribution in [1.29, 1.82) is 0 Å². The van der Waals surface area contributed by atoms with E-state index in [9.17, 15) is 0 Å². The fourth-order valence-electron chi connectivity index (χ4n) is 2.51. The Morgan fingerprint density at radius 3 is 2.14 bits per heavy atom. The first kappa shape index (κ1) is 12.0. The van der Waals surface area contributed by atoms with Gasteiger partial charge in [-0.2, -0.15) is 0 Å². The van der Waals surface area contributed by atoms with Crippen LogP contribution in [0.4, 0.5) is 0 Å². The molecular formula is C13H27N. The maximum Gasteiger partial charge on any atom is -0.00205 e. The highest BCUT2D eigenvalue weighted by atomic mass is 14.6. The van der Waals surface area contributed by atoms with E-state index in [2.05, 4.69) is 6.92 Å². The predicted molar refractivity (Wildman–Crippen MR) is 63.3 cm³/mol. The van der Waals surface area contributed by atoms with Gasteiger partial charge in [-0.25, -0.2) is 0 Å². The number of hydrogen-bond acceptors (Lipinski definition) is 1. The molecule has 1 rings (SSSR count). The molecular weight excluding hydrogens is 170 g/mol. The Morgan fingerprint density at radius 1 is 1.00 bits per heavy atom. The standard InChI is InChI=1S/C13H27N/c1-2-3-4-5-6-7-9-13(12-14)10-8-11-13/h2-12,14H2,1H3. The Kier molecular flexibility index (Phi) is 5.54. The lowest BCUT2D eigenvalue weighted by Gasteiger charge is -2.41. The molecule has 84 valence electrons. The maximum absolute atomic E-state index is 5.83. The van der Waals surface area contributed by atoms with Gasteiger partial charge in [-0.05, 0) is 31.2 Å². The van der Waals surface area contributed by atoms with Crippen molar-refractivity contribution in [3.8, 4) is 0 Å². The summed E-state index contributed by atoms with van der Waals surface area (Å²) in [5, 5.41) is 0. The van der Waals surface area contributed by atoms with Crippen LogP contribution >= 0.6 is 0 Å². The molecule has 1 nitrogen and oxygen atoms in total. The largest absolute Gasteiger partial charge is 0.330 e. The van der Waals surface area contributed by atoms with Gasteiger partial charge in [0.15, 0.2) is 0 Å². The molecule has 2 N–H and O–H groups in total. The third-order valence-corrected chi connectivity index (χ3v) is 3.91. The molecule has 1 fully saturated rings. The van der Waals surface area contributed by atoms with Gasteiger partial charge in [0.25, 0.3) is 0 Å². The van der Waals surface area contributed by atoms with Crippen LogP contribution in [0.5, 0.6) is 0 Å². The highest BCUT2D eigenvalue weighted by Crippen LogP contribution is 2.44. The summed E-state index contributed by atoms with van der Waals surface area (Å²) in [5.41, 5.74) is 6.42. The first-order valence-electron chi connectivity index (χ1n) is 6.53. The summed E-state index contributed by atoms with van der Waals surface area (Å²) in [5.74, 6) is 0. The lowest BCUT2D eigenvalue weighted by atomic mass is 9.66. The minimum absolute atomic E-state index is 0.588. The summed E-state index contributed by atoms with van der Waals surface area (Å²) in [7, 11) is 0. The Balaban J connectivity index is 1.92. The first-order chi connectivity index (χ1) is 6.83. The van der Waals surface area contributed by atoms with Crippen molar-refractivity contribution < 1.29 is 0 Å². The van der Waals surface area contributed by atoms with Crippen LogP contribution in [0.25, 0.3) is 0 Å². The molecule has 0 amide bonds.